The monoisotopic (exact) mass is 328 g/mol. The van der Waals surface area contributed by atoms with Crippen molar-refractivity contribution in [3.05, 3.63) is 11.6 Å². The molecule has 1 fully saturated rings. The Balaban J connectivity index is 1.97. The van der Waals surface area contributed by atoms with Crippen LogP contribution in [0.2, 0.25) is 0 Å². The molecule has 21 heavy (non-hydrogen) atoms. The molecular weight excluding hydrogens is 308 g/mol. The van der Waals surface area contributed by atoms with Gasteiger partial charge >= 0.3 is 0 Å². The van der Waals surface area contributed by atoms with E-state index in [-0.39, 0.29) is 11.1 Å². The van der Waals surface area contributed by atoms with E-state index in [1.165, 1.54) is 11.3 Å². The van der Waals surface area contributed by atoms with E-state index < -0.39 is 10.0 Å². The summed E-state index contributed by atoms with van der Waals surface area (Å²) in [5.41, 5.74) is 0. The molecule has 2 aromatic rings. The average Bonchev–Trinajstić information content (AvgIpc) is 3.10. The van der Waals surface area contributed by atoms with Gasteiger partial charge in [-0.1, -0.05) is 19.8 Å². The van der Waals surface area contributed by atoms with Gasteiger partial charge < -0.3 is 5.32 Å². The standard InChI is InChI=1S/C13H20N4O2S2/c1-2-7-14-11-12(17-8-9-20-13(17)15-11)21(18,19)16-10-5-3-4-6-10/h8-10,14,16H,2-7H2,1H3. The lowest BCUT2D eigenvalue weighted by atomic mass is 10.3. The fourth-order valence-corrected chi connectivity index (χ4v) is 5.04. The highest BCUT2D eigenvalue weighted by atomic mass is 32.2. The second kappa shape index (κ2) is 5.94. The fraction of sp³-hybridized carbons (Fsp3) is 0.615. The number of anilines is 1. The third kappa shape index (κ3) is 2.93. The van der Waals surface area contributed by atoms with Crippen LogP contribution in [0.4, 0.5) is 5.82 Å². The number of hydrogen-bond donors (Lipinski definition) is 2. The summed E-state index contributed by atoms with van der Waals surface area (Å²) in [6.45, 7) is 2.74. The molecule has 0 amide bonds. The second-order valence-corrected chi connectivity index (χ2v) is 7.85. The van der Waals surface area contributed by atoms with Gasteiger partial charge in [0.2, 0.25) is 0 Å². The molecule has 1 aliphatic carbocycles. The summed E-state index contributed by atoms with van der Waals surface area (Å²) >= 11 is 1.43. The van der Waals surface area contributed by atoms with E-state index in [4.69, 9.17) is 0 Å². The third-order valence-corrected chi connectivity index (χ3v) is 5.99. The first kappa shape index (κ1) is 14.8. The molecule has 8 heteroatoms. The van der Waals surface area contributed by atoms with Gasteiger partial charge in [0.15, 0.2) is 15.8 Å². The Morgan fingerprint density at radius 2 is 2.19 bits per heavy atom. The molecule has 0 spiro atoms. The maximum atomic E-state index is 12.7. The van der Waals surface area contributed by atoms with E-state index >= 15 is 0 Å². The summed E-state index contributed by atoms with van der Waals surface area (Å²) in [7, 11) is -3.56. The fourth-order valence-electron chi connectivity index (χ4n) is 2.70. The van der Waals surface area contributed by atoms with Crippen molar-refractivity contribution in [2.24, 2.45) is 0 Å². The summed E-state index contributed by atoms with van der Waals surface area (Å²) in [6, 6.07) is 0.0539. The second-order valence-electron chi connectivity index (χ2n) is 5.35. The first-order valence-electron chi connectivity index (χ1n) is 7.33. The van der Waals surface area contributed by atoms with E-state index in [2.05, 4.69) is 15.0 Å². The molecule has 1 aliphatic rings. The van der Waals surface area contributed by atoms with Crippen LogP contribution in [0, 0.1) is 0 Å². The molecule has 0 radical (unpaired) electrons. The van der Waals surface area contributed by atoms with Gasteiger partial charge in [-0.2, -0.15) is 0 Å². The van der Waals surface area contributed by atoms with Crippen LogP contribution in [-0.2, 0) is 10.0 Å². The molecule has 2 heterocycles. The van der Waals surface area contributed by atoms with Crippen LogP contribution in [0.5, 0.6) is 0 Å². The lowest BCUT2D eigenvalue weighted by Crippen LogP contribution is -2.33. The number of fused-ring (bicyclic) bond motifs is 1. The van der Waals surface area contributed by atoms with Crippen molar-refractivity contribution in [1.29, 1.82) is 0 Å². The smallest absolute Gasteiger partial charge is 0.260 e. The Bertz CT molecular complexity index is 714. The van der Waals surface area contributed by atoms with Crippen LogP contribution < -0.4 is 10.0 Å². The predicted octanol–water partition coefficient (Wildman–Crippen LogP) is 2.44. The Morgan fingerprint density at radius 3 is 2.90 bits per heavy atom. The molecule has 2 N–H and O–H groups in total. The maximum Gasteiger partial charge on any atom is 0.260 e. The highest BCUT2D eigenvalue weighted by Gasteiger charge is 2.29. The molecular formula is C13H20N4O2S2. The Hall–Kier alpha value is -1.12. The number of hydrogen-bond acceptors (Lipinski definition) is 5. The zero-order valence-corrected chi connectivity index (χ0v) is 13.6. The number of nitrogens with zero attached hydrogens (tertiary/aromatic N) is 2. The molecule has 1 saturated carbocycles. The topological polar surface area (TPSA) is 75.5 Å². The molecule has 0 aliphatic heterocycles. The third-order valence-electron chi connectivity index (χ3n) is 3.69. The molecule has 0 aromatic carbocycles. The van der Waals surface area contributed by atoms with E-state index in [0.29, 0.717) is 17.3 Å². The first-order chi connectivity index (χ1) is 10.1. The minimum atomic E-state index is -3.56. The van der Waals surface area contributed by atoms with Crippen LogP contribution in [0.15, 0.2) is 16.6 Å². The molecule has 3 rings (SSSR count). The van der Waals surface area contributed by atoms with Crippen LogP contribution >= 0.6 is 11.3 Å². The van der Waals surface area contributed by atoms with Gasteiger partial charge in [-0.05, 0) is 19.3 Å². The first-order valence-corrected chi connectivity index (χ1v) is 9.70. The molecule has 0 atom stereocenters. The molecule has 116 valence electrons. The molecule has 6 nitrogen and oxygen atoms in total. The Labute approximate surface area is 128 Å². The van der Waals surface area contributed by atoms with E-state index in [9.17, 15) is 8.42 Å². The van der Waals surface area contributed by atoms with Crippen LogP contribution in [0.3, 0.4) is 0 Å². The lowest BCUT2D eigenvalue weighted by molar-refractivity contribution is 0.548. The summed E-state index contributed by atoms with van der Waals surface area (Å²) in [5.74, 6) is 0.453. The van der Waals surface area contributed by atoms with Gasteiger partial charge in [-0.25, -0.2) is 18.1 Å². The summed E-state index contributed by atoms with van der Waals surface area (Å²) in [6.07, 6.45) is 6.70. The molecule has 0 unspecified atom stereocenters. The maximum absolute atomic E-state index is 12.7. The molecule has 2 aromatic heterocycles. The summed E-state index contributed by atoms with van der Waals surface area (Å²) in [4.78, 5) is 5.10. The minimum absolute atomic E-state index is 0.0539. The molecule has 0 bridgehead atoms. The zero-order valence-electron chi connectivity index (χ0n) is 12.0. The Kier molecular flexibility index (Phi) is 4.19. The SMILES string of the molecule is CCCNc1nc2sccn2c1S(=O)(=O)NC1CCCC1. The number of sulfonamides is 1. The van der Waals surface area contributed by atoms with Crippen molar-refractivity contribution in [1.82, 2.24) is 14.1 Å². The number of thiazole rings is 1. The predicted molar refractivity (Wildman–Crippen MR) is 84.4 cm³/mol. The van der Waals surface area contributed by atoms with Crippen molar-refractivity contribution < 1.29 is 8.42 Å². The largest absolute Gasteiger partial charge is 0.368 e. The van der Waals surface area contributed by atoms with Gasteiger partial charge in [0.1, 0.15) is 0 Å². The normalized spacial score (nSPS) is 16.8. The van der Waals surface area contributed by atoms with Gasteiger partial charge in [0.05, 0.1) is 0 Å². The highest BCUT2D eigenvalue weighted by molar-refractivity contribution is 7.89. The number of aromatic nitrogens is 2. The van der Waals surface area contributed by atoms with Gasteiger partial charge in [0, 0.05) is 24.2 Å². The van der Waals surface area contributed by atoms with Gasteiger partial charge in [-0.3, -0.25) is 4.40 Å². The number of nitrogens with one attached hydrogen (secondary N) is 2. The zero-order chi connectivity index (χ0) is 14.9. The average molecular weight is 328 g/mol. The van der Waals surface area contributed by atoms with E-state index in [1.54, 1.807) is 10.6 Å². The van der Waals surface area contributed by atoms with Crippen LogP contribution in [-0.4, -0.2) is 30.4 Å². The van der Waals surface area contributed by atoms with Crippen LogP contribution in [0.25, 0.3) is 4.96 Å². The minimum Gasteiger partial charge on any atom is -0.368 e. The lowest BCUT2D eigenvalue weighted by Gasteiger charge is -2.13. The van der Waals surface area contributed by atoms with Crippen molar-refractivity contribution >= 4 is 32.1 Å². The highest BCUT2D eigenvalue weighted by Crippen LogP contribution is 2.27. The summed E-state index contributed by atoms with van der Waals surface area (Å²) in [5, 5.41) is 5.21. The summed E-state index contributed by atoms with van der Waals surface area (Å²) < 4.78 is 30.0. The Morgan fingerprint density at radius 1 is 1.43 bits per heavy atom. The van der Waals surface area contributed by atoms with Crippen LogP contribution in [0.1, 0.15) is 39.0 Å². The van der Waals surface area contributed by atoms with E-state index in [1.807, 2.05) is 12.3 Å². The van der Waals surface area contributed by atoms with Crippen molar-refractivity contribution in [2.45, 2.75) is 50.1 Å². The van der Waals surface area contributed by atoms with Crippen molar-refractivity contribution in [2.75, 3.05) is 11.9 Å². The van der Waals surface area contributed by atoms with Crippen molar-refractivity contribution in [3.63, 3.8) is 0 Å². The number of rotatable bonds is 6. The van der Waals surface area contributed by atoms with E-state index in [0.717, 1.165) is 32.1 Å². The number of imidazole rings is 1. The molecule has 0 saturated heterocycles. The quantitative estimate of drug-likeness (QED) is 0.854. The van der Waals surface area contributed by atoms with Crippen molar-refractivity contribution in [3.8, 4) is 0 Å². The van der Waals surface area contributed by atoms with Gasteiger partial charge in [-0.15, -0.1) is 11.3 Å². The van der Waals surface area contributed by atoms with Gasteiger partial charge in [0.25, 0.3) is 10.0 Å².